The summed E-state index contributed by atoms with van der Waals surface area (Å²) in [5.41, 5.74) is 3.58. The van der Waals surface area contributed by atoms with Crippen molar-refractivity contribution in [3.63, 3.8) is 0 Å². The smallest absolute Gasteiger partial charge is 0.343 e. The van der Waals surface area contributed by atoms with Crippen molar-refractivity contribution in [3.8, 4) is 5.75 Å². The lowest BCUT2D eigenvalue weighted by atomic mass is 10.1. The number of carbonyl (C=O) groups excluding carboxylic acids is 3. The molecule has 0 aliphatic carbocycles. The number of nitrogens with one attached hydrogen (secondary N) is 2. The molecule has 1 atom stereocenters. The van der Waals surface area contributed by atoms with Crippen LogP contribution in [0.1, 0.15) is 12.5 Å². The molecule has 0 aliphatic rings. The number of nitrogens with zero attached hydrogens (tertiary/aromatic N) is 1. The Balaban J connectivity index is 1.90. The average molecular weight is 541 g/mol. The summed E-state index contributed by atoms with van der Waals surface area (Å²) in [7, 11) is 1.28. The maximum atomic E-state index is 12.3. The number of carbonyl (C=O) groups is 3. The van der Waals surface area contributed by atoms with E-state index in [0.29, 0.717) is 25.9 Å². The predicted octanol–water partition coefficient (Wildman–Crippen LogP) is 3.49. The molecule has 0 spiro atoms. The first-order chi connectivity index (χ1) is 14.3. The summed E-state index contributed by atoms with van der Waals surface area (Å²) in [6.07, 6.45) is 1.42. The normalized spacial score (nSPS) is 11.6. The monoisotopic (exact) mass is 539 g/mol. The van der Waals surface area contributed by atoms with Crippen LogP contribution in [0.4, 0.5) is 5.69 Å². The lowest BCUT2D eigenvalue weighted by Crippen LogP contribution is -2.34. The second-order valence-electron chi connectivity index (χ2n) is 5.98. The number of hydrogen-bond acceptors (Lipinski definition) is 6. The maximum absolute atomic E-state index is 12.3. The molecule has 0 saturated heterocycles. The minimum atomic E-state index is -0.949. The van der Waals surface area contributed by atoms with E-state index in [9.17, 15) is 14.4 Å². The third kappa shape index (κ3) is 6.96. The Morgan fingerprint density at radius 3 is 2.50 bits per heavy atom. The van der Waals surface area contributed by atoms with E-state index in [1.54, 1.807) is 36.4 Å². The number of methoxy groups -OCH3 is 1. The van der Waals surface area contributed by atoms with Gasteiger partial charge in [-0.2, -0.15) is 5.10 Å². The fourth-order valence-electron chi connectivity index (χ4n) is 2.10. The first-order valence-corrected chi connectivity index (χ1v) is 10.3. The standard InChI is InChI=1S/C20H19Br2N3O5/c1-12(19(27)24-16-6-4-3-5-14(16)21)20(28)25-23-10-13-7-8-17(15(22)9-13)30-11-18(26)29-2/h3-10,12H,11H2,1-2H3,(H,24,27)(H,25,28). The molecule has 30 heavy (non-hydrogen) atoms. The van der Waals surface area contributed by atoms with Gasteiger partial charge in [0.05, 0.1) is 23.5 Å². The molecule has 2 N–H and O–H groups in total. The molecule has 158 valence electrons. The summed E-state index contributed by atoms with van der Waals surface area (Å²) in [4.78, 5) is 35.6. The molecule has 2 rings (SSSR count). The second kappa shape index (κ2) is 11.5. The molecule has 0 aliphatic heterocycles. The number of hydrazone groups is 1. The summed E-state index contributed by atoms with van der Waals surface area (Å²) >= 11 is 6.67. The van der Waals surface area contributed by atoms with Crippen LogP contribution in [0, 0.1) is 5.92 Å². The molecule has 0 radical (unpaired) electrons. The van der Waals surface area contributed by atoms with Crippen molar-refractivity contribution in [2.24, 2.45) is 11.0 Å². The minimum Gasteiger partial charge on any atom is -0.481 e. The molecule has 8 nitrogen and oxygen atoms in total. The van der Waals surface area contributed by atoms with Crippen molar-refractivity contribution in [3.05, 3.63) is 57.0 Å². The van der Waals surface area contributed by atoms with Gasteiger partial charge in [-0.1, -0.05) is 12.1 Å². The number of rotatable bonds is 8. The Bertz CT molecular complexity index is 965. The minimum absolute atomic E-state index is 0.210. The van der Waals surface area contributed by atoms with E-state index in [0.717, 1.165) is 0 Å². The highest BCUT2D eigenvalue weighted by molar-refractivity contribution is 9.11. The molecular formula is C20H19Br2N3O5. The van der Waals surface area contributed by atoms with Crippen LogP contribution in [0.2, 0.25) is 0 Å². The van der Waals surface area contributed by atoms with E-state index < -0.39 is 23.7 Å². The first kappa shape index (κ1) is 23.6. The Hall–Kier alpha value is -2.72. The average Bonchev–Trinajstić information content (AvgIpc) is 2.73. The first-order valence-electron chi connectivity index (χ1n) is 8.69. The Morgan fingerprint density at radius 1 is 1.10 bits per heavy atom. The third-order valence-electron chi connectivity index (χ3n) is 3.84. The van der Waals surface area contributed by atoms with Gasteiger partial charge in [-0.05, 0) is 74.7 Å². The molecule has 1 unspecified atom stereocenters. The van der Waals surface area contributed by atoms with E-state index in [1.165, 1.54) is 20.2 Å². The van der Waals surface area contributed by atoms with Crippen LogP contribution in [0.25, 0.3) is 0 Å². The van der Waals surface area contributed by atoms with Crippen molar-refractivity contribution in [2.45, 2.75) is 6.92 Å². The highest BCUT2D eigenvalue weighted by atomic mass is 79.9. The van der Waals surface area contributed by atoms with Crippen molar-refractivity contribution in [1.82, 2.24) is 5.43 Å². The molecule has 0 heterocycles. The summed E-state index contributed by atoms with van der Waals surface area (Å²) in [6.45, 7) is 1.28. The topological polar surface area (TPSA) is 106 Å². The van der Waals surface area contributed by atoms with Crippen LogP contribution in [0.3, 0.4) is 0 Å². The van der Waals surface area contributed by atoms with E-state index in [4.69, 9.17) is 4.74 Å². The summed E-state index contributed by atoms with van der Waals surface area (Å²) in [6, 6.07) is 12.1. The highest BCUT2D eigenvalue weighted by Gasteiger charge is 2.21. The van der Waals surface area contributed by atoms with Gasteiger partial charge >= 0.3 is 5.97 Å². The van der Waals surface area contributed by atoms with Crippen LogP contribution in [0.15, 0.2) is 56.5 Å². The molecule has 2 aromatic carbocycles. The Morgan fingerprint density at radius 2 is 1.83 bits per heavy atom. The van der Waals surface area contributed by atoms with Gasteiger partial charge in [0, 0.05) is 4.47 Å². The number of anilines is 1. The van der Waals surface area contributed by atoms with E-state index in [1.807, 2.05) is 6.07 Å². The summed E-state index contributed by atoms with van der Waals surface area (Å²) in [5, 5.41) is 6.56. The van der Waals surface area contributed by atoms with E-state index in [2.05, 4.69) is 52.4 Å². The number of hydrogen-bond donors (Lipinski definition) is 2. The number of halogens is 2. The van der Waals surface area contributed by atoms with Crippen molar-refractivity contribution in [1.29, 1.82) is 0 Å². The zero-order valence-corrected chi connectivity index (χ0v) is 19.3. The van der Waals surface area contributed by atoms with E-state index in [-0.39, 0.29) is 6.61 Å². The van der Waals surface area contributed by atoms with Crippen LogP contribution < -0.4 is 15.5 Å². The fraction of sp³-hybridized carbons (Fsp3) is 0.200. The van der Waals surface area contributed by atoms with Crippen molar-refractivity contribution < 1.29 is 23.9 Å². The van der Waals surface area contributed by atoms with Crippen molar-refractivity contribution in [2.75, 3.05) is 19.0 Å². The molecule has 0 fully saturated rings. The lowest BCUT2D eigenvalue weighted by Gasteiger charge is -2.11. The van der Waals surface area contributed by atoms with Crippen LogP contribution >= 0.6 is 31.9 Å². The Labute approximate surface area is 190 Å². The molecule has 10 heteroatoms. The van der Waals surface area contributed by atoms with Gasteiger partial charge in [0.15, 0.2) is 6.61 Å². The SMILES string of the molecule is COC(=O)COc1ccc(C=NNC(=O)C(C)C(=O)Nc2ccccc2Br)cc1Br. The molecule has 0 aromatic heterocycles. The van der Waals surface area contributed by atoms with Gasteiger partial charge in [0.25, 0.3) is 5.91 Å². The van der Waals surface area contributed by atoms with Crippen LogP contribution in [-0.4, -0.2) is 37.7 Å². The molecule has 2 aromatic rings. The van der Waals surface area contributed by atoms with Crippen LogP contribution in [-0.2, 0) is 19.1 Å². The number of amides is 2. The van der Waals surface area contributed by atoms with Gasteiger partial charge in [0.2, 0.25) is 5.91 Å². The third-order valence-corrected chi connectivity index (χ3v) is 5.15. The second-order valence-corrected chi connectivity index (χ2v) is 7.69. The molecule has 2 amide bonds. The zero-order valence-electron chi connectivity index (χ0n) is 16.1. The van der Waals surface area contributed by atoms with Gasteiger partial charge < -0.3 is 14.8 Å². The van der Waals surface area contributed by atoms with Gasteiger partial charge in [-0.25, -0.2) is 10.2 Å². The largest absolute Gasteiger partial charge is 0.481 e. The maximum Gasteiger partial charge on any atom is 0.343 e. The highest BCUT2D eigenvalue weighted by Crippen LogP contribution is 2.25. The predicted molar refractivity (Wildman–Crippen MR) is 119 cm³/mol. The summed E-state index contributed by atoms with van der Waals surface area (Å²) in [5.74, 6) is -1.99. The fourth-order valence-corrected chi connectivity index (χ4v) is 2.99. The van der Waals surface area contributed by atoms with Gasteiger partial charge in [0.1, 0.15) is 11.7 Å². The van der Waals surface area contributed by atoms with Crippen LogP contribution in [0.5, 0.6) is 5.75 Å². The number of benzene rings is 2. The molecule has 0 saturated carbocycles. The van der Waals surface area contributed by atoms with Gasteiger partial charge in [-0.15, -0.1) is 0 Å². The van der Waals surface area contributed by atoms with E-state index >= 15 is 0 Å². The zero-order chi connectivity index (χ0) is 22.1. The molecule has 0 bridgehead atoms. The number of para-hydroxylation sites is 1. The van der Waals surface area contributed by atoms with Crippen molar-refractivity contribution >= 4 is 61.5 Å². The Kier molecular flexibility index (Phi) is 9.00. The quantitative estimate of drug-likeness (QED) is 0.231. The number of esters is 1. The lowest BCUT2D eigenvalue weighted by molar-refractivity contribution is -0.143. The van der Waals surface area contributed by atoms with Gasteiger partial charge in [-0.3, -0.25) is 9.59 Å². The molecular weight excluding hydrogens is 522 g/mol. The summed E-state index contributed by atoms with van der Waals surface area (Å²) < 4.78 is 11.1. The number of ether oxygens (including phenoxy) is 2.